The maximum atomic E-state index is 13.1. The van der Waals surface area contributed by atoms with Gasteiger partial charge in [-0.3, -0.25) is 4.79 Å². The number of ether oxygens (including phenoxy) is 2. The highest BCUT2D eigenvalue weighted by Crippen LogP contribution is 2.08. The van der Waals surface area contributed by atoms with E-state index in [1.807, 2.05) is 0 Å². The topological polar surface area (TPSA) is 66.5 Å². The Labute approximate surface area is 128 Å². The van der Waals surface area contributed by atoms with Gasteiger partial charge in [0.15, 0.2) is 5.75 Å². The number of hydrogen-bond acceptors (Lipinski definition) is 4. The molecule has 0 bridgehead atoms. The van der Waals surface area contributed by atoms with E-state index in [-0.39, 0.29) is 23.7 Å². The number of aromatic nitrogens is 1. The molecule has 1 aromatic heterocycles. The van der Waals surface area contributed by atoms with Crippen molar-refractivity contribution in [1.29, 1.82) is 0 Å². The lowest BCUT2D eigenvalue weighted by molar-refractivity contribution is 0.132. The Bertz CT molecular complexity index is 658. The predicted molar refractivity (Wildman–Crippen MR) is 81.3 cm³/mol. The van der Waals surface area contributed by atoms with Crippen molar-refractivity contribution < 1.29 is 13.9 Å². The molecule has 2 aromatic rings. The number of rotatable bonds is 8. The lowest BCUT2D eigenvalue weighted by Crippen LogP contribution is -2.23. The minimum absolute atomic E-state index is 0.140. The summed E-state index contributed by atoms with van der Waals surface area (Å²) in [5, 5.41) is 0. The summed E-state index contributed by atoms with van der Waals surface area (Å²) in [7, 11) is 0. The Morgan fingerprint density at radius 3 is 2.82 bits per heavy atom. The third-order valence-electron chi connectivity index (χ3n) is 3.01. The zero-order valence-electron chi connectivity index (χ0n) is 12.2. The molecule has 0 atom stereocenters. The van der Waals surface area contributed by atoms with Crippen molar-refractivity contribution in [3.8, 4) is 5.75 Å². The van der Waals surface area contributed by atoms with Crippen molar-refractivity contribution in [3.63, 3.8) is 0 Å². The molecule has 1 heterocycles. The first kappa shape index (κ1) is 16.2. The van der Waals surface area contributed by atoms with Crippen LogP contribution in [0.5, 0.6) is 5.75 Å². The fourth-order valence-electron chi connectivity index (χ4n) is 1.94. The first-order chi connectivity index (χ1) is 10.7. The van der Waals surface area contributed by atoms with Crippen molar-refractivity contribution >= 4 is 0 Å². The summed E-state index contributed by atoms with van der Waals surface area (Å²) in [6.07, 6.45) is 1.67. The molecule has 5 nitrogen and oxygen atoms in total. The molecule has 0 aliphatic carbocycles. The Morgan fingerprint density at radius 2 is 2.05 bits per heavy atom. The largest absolute Gasteiger partial charge is 0.483 e. The van der Waals surface area contributed by atoms with Crippen LogP contribution in [0.15, 0.2) is 47.4 Å². The number of pyridine rings is 1. The quantitative estimate of drug-likeness (QED) is 0.751. The van der Waals surface area contributed by atoms with Crippen molar-refractivity contribution in [2.75, 3.05) is 19.8 Å². The molecule has 1 aromatic carbocycles. The molecular weight excluding hydrogens is 287 g/mol. The van der Waals surface area contributed by atoms with Crippen LogP contribution < -0.4 is 16.0 Å². The Morgan fingerprint density at radius 1 is 1.18 bits per heavy atom. The van der Waals surface area contributed by atoms with E-state index >= 15 is 0 Å². The molecule has 0 aliphatic rings. The third-order valence-corrected chi connectivity index (χ3v) is 3.01. The molecule has 0 spiro atoms. The normalized spacial score (nSPS) is 10.6. The van der Waals surface area contributed by atoms with E-state index in [9.17, 15) is 9.18 Å². The molecule has 0 unspecified atom stereocenters. The molecular formula is C16H19FN2O3. The molecule has 22 heavy (non-hydrogen) atoms. The van der Waals surface area contributed by atoms with Gasteiger partial charge in [-0.15, -0.1) is 0 Å². The van der Waals surface area contributed by atoms with Gasteiger partial charge in [-0.1, -0.05) is 12.1 Å². The monoisotopic (exact) mass is 306 g/mol. The molecule has 0 fully saturated rings. The molecule has 6 heteroatoms. The lowest BCUT2D eigenvalue weighted by atomic mass is 10.2. The number of halogens is 1. The summed E-state index contributed by atoms with van der Waals surface area (Å²) in [5.41, 5.74) is 5.75. The Kier molecular flexibility index (Phi) is 6.12. The first-order valence-electron chi connectivity index (χ1n) is 7.05. The summed E-state index contributed by atoms with van der Waals surface area (Å²) < 4.78 is 25.3. The molecule has 0 aliphatic heterocycles. The highest BCUT2D eigenvalue weighted by Gasteiger charge is 2.05. The van der Waals surface area contributed by atoms with Gasteiger partial charge in [-0.05, 0) is 29.8 Å². The second kappa shape index (κ2) is 8.31. The van der Waals surface area contributed by atoms with Gasteiger partial charge in [-0.25, -0.2) is 4.39 Å². The van der Waals surface area contributed by atoms with E-state index in [0.29, 0.717) is 31.9 Å². The summed E-state index contributed by atoms with van der Waals surface area (Å²) in [4.78, 5) is 12.2. The summed E-state index contributed by atoms with van der Waals surface area (Å²) in [6, 6.07) is 9.41. The second-order valence-corrected chi connectivity index (χ2v) is 4.69. The van der Waals surface area contributed by atoms with Crippen LogP contribution in [0.3, 0.4) is 0 Å². The van der Waals surface area contributed by atoms with Gasteiger partial charge >= 0.3 is 0 Å². The minimum Gasteiger partial charge on any atom is -0.483 e. The third kappa shape index (κ3) is 4.68. The van der Waals surface area contributed by atoms with E-state index in [0.717, 1.165) is 0 Å². The van der Waals surface area contributed by atoms with Gasteiger partial charge < -0.3 is 19.8 Å². The zero-order chi connectivity index (χ0) is 15.8. The van der Waals surface area contributed by atoms with Crippen LogP contribution in [-0.4, -0.2) is 24.3 Å². The minimum atomic E-state index is -0.330. The highest BCUT2D eigenvalue weighted by molar-refractivity contribution is 5.20. The molecule has 2 N–H and O–H groups in total. The van der Waals surface area contributed by atoms with Crippen LogP contribution in [0.1, 0.15) is 5.56 Å². The van der Waals surface area contributed by atoms with Crippen LogP contribution in [-0.2, 0) is 17.9 Å². The second-order valence-electron chi connectivity index (χ2n) is 4.69. The fraction of sp³-hybridized carbons (Fsp3) is 0.312. The molecule has 118 valence electrons. The molecule has 0 saturated heterocycles. The van der Waals surface area contributed by atoms with Gasteiger partial charge in [-0.2, -0.15) is 0 Å². The van der Waals surface area contributed by atoms with Gasteiger partial charge in [0.2, 0.25) is 0 Å². The molecule has 0 amide bonds. The van der Waals surface area contributed by atoms with Crippen LogP contribution in [0, 0.1) is 5.82 Å². The van der Waals surface area contributed by atoms with E-state index in [4.69, 9.17) is 15.2 Å². The fourth-order valence-corrected chi connectivity index (χ4v) is 1.94. The highest BCUT2D eigenvalue weighted by atomic mass is 19.1. The Balaban J connectivity index is 1.98. The van der Waals surface area contributed by atoms with Crippen LogP contribution in [0.2, 0.25) is 0 Å². The standard InChI is InChI=1S/C16H19FN2O3/c17-14-4-1-3-13(11-14)12-22-15-5-2-7-19(16(15)20)8-10-21-9-6-18/h1-5,7,11H,6,8-10,12,18H2. The Hall–Kier alpha value is -2.18. The maximum absolute atomic E-state index is 13.1. The average molecular weight is 306 g/mol. The molecule has 0 radical (unpaired) electrons. The predicted octanol–water partition coefficient (Wildman–Crippen LogP) is 1.54. The van der Waals surface area contributed by atoms with Crippen molar-refractivity contribution in [1.82, 2.24) is 4.57 Å². The van der Waals surface area contributed by atoms with Crippen molar-refractivity contribution in [2.45, 2.75) is 13.2 Å². The van der Waals surface area contributed by atoms with Gasteiger partial charge in [0.1, 0.15) is 12.4 Å². The zero-order valence-corrected chi connectivity index (χ0v) is 12.2. The lowest BCUT2D eigenvalue weighted by Gasteiger charge is -2.10. The van der Waals surface area contributed by atoms with Crippen molar-refractivity contribution in [3.05, 3.63) is 64.3 Å². The number of benzene rings is 1. The number of nitrogens with two attached hydrogens (primary N) is 1. The first-order valence-corrected chi connectivity index (χ1v) is 7.05. The van der Waals surface area contributed by atoms with E-state index in [1.165, 1.54) is 16.7 Å². The smallest absolute Gasteiger partial charge is 0.292 e. The van der Waals surface area contributed by atoms with E-state index in [2.05, 4.69) is 0 Å². The SMILES string of the molecule is NCCOCCn1cccc(OCc2cccc(F)c2)c1=O. The molecule has 0 saturated carbocycles. The maximum Gasteiger partial charge on any atom is 0.292 e. The van der Waals surface area contributed by atoms with Crippen LogP contribution in [0.25, 0.3) is 0 Å². The van der Waals surface area contributed by atoms with Gasteiger partial charge in [0.05, 0.1) is 13.2 Å². The average Bonchev–Trinajstić information content (AvgIpc) is 2.52. The number of hydrogen-bond donors (Lipinski definition) is 1. The van der Waals surface area contributed by atoms with E-state index < -0.39 is 0 Å². The van der Waals surface area contributed by atoms with Crippen LogP contribution >= 0.6 is 0 Å². The summed E-state index contributed by atoms with van der Waals surface area (Å²) in [6.45, 7) is 1.89. The number of nitrogens with zero attached hydrogens (tertiary/aromatic N) is 1. The van der Waals surface area contributed by atoms with Gasteiger partial charge in [0, 0.05) is 19.3 Å². The van der Waals surface area contributed by atoms with E-state index in [1.54, 1.807) is 30.5 Å². The summed E-state index contributed by atoms with van der Waals surface area (Å²) in [5.74, 6) is -0.103. The van der Waals surface area contributed by atoms with Crippen molar-refractivity contribution in [2.24, 2.45) is 5.73 Å². The van der Waals surface area contributed by atoms with Gasteiger partial charge in [0.25, 0.3) is 5.56 Å². The summed E-state index contributed by atoms with van der Waals surface area (Å²) >= 11 is 0. The van der Waals surface area contributed by atoms with Crippen LogP contribution in [0.4, 0.5) is 4.39 Å². The molecule has 2 rings (SSSR count).